The zero-order valence-corrected chi connectivity index (χ0v) is 7.53. The van der Waals surface area contributed by atoms with Crippen LogP contribution in [-0.4, -0.2) is 22.8 Å². The van der Waals surface area contributed by atoms with Crippen molar-refractivity contribution < 1.29 is 15.0 Å². The molecule has 1 heterocycles. The quantitative estimate of drug-likeness (QED) is 0.640. The molecule has 0 fully saturated rings. The summed E-state index contributed by atoms with van der Waals surface area (Å²) < 4.78 is 0. The Kier molecular flexibility index (Phi) is 2.23. The van der Waals surface area contributed by atoms with Crippen LogP contribution in [0.15, 0.2) is 18.2 Å². The van der Waals surface area contributed by atoms with Crippen LogP contribution in [0.1, 0.15) is 27.5 Å². The molecule has 1 aliphatic heterocycles. The lowest BCUT2D eigenvalue weighted by Gasteiger charge is -2.07. The van der Waals surface area contributed by atoms with Gasteiger partial charge in [0.2, 0.25) is 0 Å². The fourth-order valence-corrected chi connectivity index (χ4v) is 1.74. The van der Waals surface area contributed by atoms with Crippen LogP contribution in [0, 0.1) is 0 Å². The largest absolute Gasteiger partial charge is 0.478 e. The Bertz CT molecular complexity index is 376. The van der Waals surface area contributed by atoms with Crippen LogP contribution in [0.2, 0.25) is 0 Å². The van der Waals surface area contributed by atoms with Gasteiger partial charge in [-0.1, -0.05) is 6.07 Å². The molecule has 0 aliphatic carbocycles. The number of hydrogen-bond acceptors (Lipinski definition) is 3. The Morgan fingerprint density at radius 2 is 2.36 bits per heavy atom. The first-order chi connectivity index (χ1) is 6.72. The predicted molar refractivity (Wildman–Crippen MR) is 50.1 cm³/mol. The van der Waals surface area contributed by atoms with E-state index in [-0.39, 0.29) is 12.6 Å². The van der Waals surface area contributed by atoms with E-state index in [1.165, 1.54) is 0 Å². The average Bonchev–Trinajstić information content (AvgIpc) is 2.59. The van der Waals surface area contributed by atoms with Gasteiger partial charge in [-0.3, -0.25) is 0 Å². The zero-order chi connectivity index (χ0) is 10.1. The molecule has 0 amide bonds. The van der Waals surface area contributed by atoms with Gasteiger partial charge < -0.3 is 15.5 Å². The first kappa shape index (κ1) is 9.18. The van der Waals surface area contributed by atoms with Crippen LogP contribution in [0.3, 0.4) is 0 Å². The standard InChI is InChI=1S/C10H11NO3/c12-5-9-8-2-1-6(10(13)14)3-7(8)4-11-9/h1-3,9,11-12H,4-5H2,(H,13,14)/t9-/m0/s1. The summed E-state index contributed by atoms with van der Waals surface area (Å²) in [6.07, 6.45) is 0. The van der Waals surface area contributed by atoms with Gasteiger partial charge in [-0.15, -0.1) is 0 Å². The van der Waals surface area contributed by atoms with Gasteiger partial charge in [-0.25, -0.2) is 4.79 Å². The number of fused-ring (bicyclic) bond motifs is 1. The molecule has 74 valence electrons. The van der Waals surface area contributed by atoms with E-state index in [0.717, 1.165) is 11.1 Å². The van der Waals surface area contributed by atoms with Gasteiger partial charge in [0.15, 0.2) is 0 Å². The first-order valence-electron chi connectivity index (χ1n) is 4.42. The van der Waals surface area contributed by atoms with Crippen molar-refractivity contribution in [2.24, 2.45) is 0 Å². The van der Waals surface area contributed by atoms with Gasteiger partial charge in [0.1, 0.15) is 0 Å². The molecule has 1 aromatic rings. The Morgan fingerprint density at radius 3 is 3.00 bits per heavy atom. The number of aliphatic hydroxyl groups excluding tert-OH is 1. The number of nitrogens with one attached hydrogen (secondary N) is 1. The molecule has 0 radical (unpaired) electrons. The minimum absolute atomic E-state index is 0.0411. The topological polar surface area (TPSA) is 69.6 Å². The molecular formula is C10H11NO3. The second-order valence-electron chi connectivity index (χ2n) is 3.33. The van der Waals surface area contributed by atoms with E-state index in [1.54, 1.807) is 18.2 Å². The maximum atomic E-state index is 10.7. The van der Waals surface area contributed by atoms with Crippen LogP contribution >= 0.6 is 0 Å². The van der Waals surface area contributed by atoms with Crippen molar-refractivity contribution in [3.63, 3.8) is 0 Å². The van der Waals surface area contributed by atoms with E-state index in [0.29, 0.717) is 12.1 Å². The summed E-state index contributed by atoms with van der Waals surface area (Å²) >= 11 is 0. The molecule has 1 aliphatic rings. The van der Waals surface area contributed by atoms with Gasteiger partial charge >= 0.3 is 5.97 Å². The Morgan fingerprint density at radius 1 is 1.57 bits per heavy atom. The molecule has 1 atom stereocenters. The van der Waals surface area contributed by atoms with Crippen LogP contribution < -0.4 is 5.32 Å². The van der Waals surface area contributed by atoms with Gasteiger partial charge in [-0.05, 0) is 23.3 Å². The molecule has 0 bridgehead atoms. The second-order valence-corrected chi connectivity index (χ2v) is 3.33. The number of hydrogen-bond donors (Lipinski definition) is 3. The van der Waals surface area contributed by atoms with Gasteiger partial charge in [0.05, 0.1) is 18.2 Å². The van der Waals surface area contributed by atoms with Crippen molar-refractivity contribution in [1.82, 2.24) is 5.32 Å². The van der Waals surface area contributed by atoms with Gasteiger partial charge in [0.25, 0.3) is 0 Å². The van der Waals surface area contributed by atoms with Crippen molar-refractivity contribution in [2.45, 2.75) is 12.6 Å². The van der Waals surface area contributed by atoms with E-state index in [4.69, 9.17) is 10.2 Å². The molecule has 0 aromatic heterocycles. The Balaban J connectivity index is 2.39. The van der Waals surface area contributed by atoms with Crippen LogP contribution in [0.25, 0.3) is 0 Å². The molecule has 4 heteroatoms. The van der Waals surface area contributed by atoms with E-state index in [1.807, 2.05) is 0 Å². The number of benzene rings is 1. The van der Waals surface area contributed by atoms with E-state index in [2.05, 4.69) is 5.32 Å². The lowest BCUT2D eigenvalue weighted by molar-refractivity contribution is 0.0697. The first-order valence-corrected chi connectivity index (χ1v) is 4.42. The highest BCUT2D eigenvalue weighted by Crippen LogP contribution is 2.25. The minimum Gasteiger partial charge on any atom is -0.478 e. The fourth-order valence-electron chi connectivity index (χ4n) is 1.74. The maximum absolute atomic E-state index is 10.7. The summed E-state index contributed by atoms with van der Waals surface area (Å²) in [6.45, 7) is 0.668. The number of aliphatic hydroxyl groups is 1. The van der Waals surface area contributed by atoms with Crippen molar-refractivity contribution in [2.75, 3.05) is 6.61 Å². The molecular weight excluding hydrogens is 182 g/mol. The third kappa shape index (κ3) is 1.38. The summed E-state index contributed by atoms with van der Waals surface area (Å²) in [6, 6.07) is 4.93. The predicted octanol–water partition coefficient (Wildman–Crippen LogP) is 0.521. The van der Waals surface area contributed by atoms with E-state index < -0.39 is 5.97 Å². The Hall–Kier alpha value is -1.39. The number of aromatic carboxylic acids is 1. The van der Waals surface area contributed by atoms with Crippen molar-refractivity contribution >= 4 is 5.97 Å². The van der Waals surface area contributed by atoms with E-state index in [9.17, 15) is 4.79 Å². The third-order valence-electron chi connectivity index (χ3n) is 2.49. The van der Waals surface area contributed by atoms with Gasteiger partial charge in [-0.2, -0.15) is 0 Å². The van der Waals surface area contributed by atoms with E-state index >= 15 is 0 Å². The van der Waals surface area contributed by atoms with Crippen molar-refractivity contribution in [3.8, 4) is 0 Å². The summed E-state index contributed by atoms with van der Waals surface area (Å²) in [7, 11) is 0. The molecule has 0 saturated heterocycles. The molecule has 4 nitrogen and oxygen atoms in total. The van der Waals surface area contributed by atoms with Crippen molar-refractivity contribution in [3.05, 3.63) is 34.9 Å². The number of carbonyl (C=O) groups is 1. The maximum Gasteiger partial charge on any atom is 0.335 e. The lowest BCUT2D eigenvalue weighted by Crippen LogP contribution is -2.15. The van der Waals surface area contributed by atoms with Crippen LogP contribution in [0.4, 0.5) is 0 Å². The van der Waals surface area contributed by atoms with Crippen molar-refractivity contribution in [1.29, 1.82) is 0 Å². The summed E-state index contributed by atoms with van der Waals surface area (Å²) in [5.74, 6) is -0.916. The Labute approximate surface area is 81.2 Å². The minimum atomic E-state index is -0.916. The summed E-state index contributed by atoms with van der Waals surface area (Å²) in [5, 5.41) is 20.9. The zero-order valence-electron chi connectivity index (χ0n) is 7.53. The normalized spacial score (nSPS) is 19.4. The molecule has 14 heavy (non-hydrogen) atoms. The molecule has 0 saturated carbocycles. The molecule has 0 unspecified atom stereocenters. The van der Waals surface area contributed by atoms with Crippen LogP contribution in [0.5, 0.6) is 0 Å². The third-order valence-corrected chi connectivity index (χ3v) is 2.49. The van der Waals surface area contributed by atoms with Crippen LogP contribution in [-0.2, 0) is 6.54 Å². The molecule has 1 aromatic carbocycles. The highest BCUT2D eigenvalue weighted by Gasteiger charge is 2.21. The summed E-state index contributed by atoms with van der Waals surface area (Å²) in [5.41, 5.74) is 2.26. The molecule has 3 N–H and O–H groups in total. The number of carboxylic acid groups (broad SMARTS) is 1. The second kappa shape index (κ2) is 3.40. The highest BCUT2D eigenvalue weighted by molar-refractivity contribution is 5.88. The SMILES string of the molecule is O=C(O)c1ccc2c(c1)CN[C@H]2CO. The average molecular weight is 193 g/mol. The van der Waals surface area contributed by atoms with Gasteiger partial charge in [0, 0.05) is 6.54 Å². The number of carboxylic acids is 1. The molecule has 0 spiro atoms. The monoisotopic (exact) mass is 193 g/mol. The highest BCUT2D eigenvalue weighted by atomic mass is 16.4. The fraction of sp³-hybridized carbons (Fsp3) is 0.300. The molecule has 2 rings (SSSR count). The summed E-state index contributed by atoms with van der Waals surface area (Å²) in [4.78, 5) is 10.7. The number of rotatable bonds is 2. The smallest absolute Gasteiger partial charge is 0.335 e. The lowest BCUT2D eigenvalue weighted by atomic mass is 10.0.